The van der Waals surface area contributed by atoms with E-state index in [1.165, 1.54) is 56.1 Å². The molecule has 0 aromatic heterocycles. The molecule has 0 spiro atoms. The van der Waals surface area contributed by atoms with Gasteiger partial charge in [0.2, 0.25) is 0 Å². The van der Waals surface area contributed by atoms with Gasteiger partial charge in [0.05, 0.1) is 32.5 Å². The van der Waals surface area contributed by atoms with E-state index in [1.807, 2.05) is 12.1 Å². The normalized spacial score (nSPS) is 15.5. The zero-order chi connectivity index (χ0) is 25.3. The molecule has 35 heavy (non-hydrogen) atoms. The van der Waals surface area contributed by atoms with E-state index in [2.05, 4.69) is 44.4 Å². The van der Waals surface area contributed by atoms with Crippen LogP contribution in [0.4, 0.5) is 0 Å². The fourth-order valence-electron chi connectivity index (χ4n) is 4.22. The number of benzene rings is 1. The third-order valence-corrected chi connectivity index (χ3v) is 6.45. The number of hydrogen-bond donors (Lipinski definition) is 2. The molecule has 194 valence electrons. The lowest BCUT2D eigenvalue weighted by Gasteiger charge is -2.23. The second-order valence-electron chi connectivity index (χ2n) is 9.52. The molecule has 1 atom stereocenters. The highest BCUT2D eigenvalue weighted by Crippen LogP contribution is 2.34. The van der Waals surface area contributed by atoms with E-state index in [4.69, 9.17) is 14.6 Å². The molecule has 0 saturated carbocycles. The van der Waals surface area contributed by atoms with Crippen molar-refractivity contribution in [2.24, 2.45) is 0 Å². The zero-order valence-corrected chi connectivity index (χ0v) is 21.8. The Balaban J connectivity index is 2.04. The molecule has 0 bridgehead atoms. The quantitative estimate of drug-likeness (QED) is 0.162. The van der Waals surface area contributed by atoms with Crippen LogP contribution in [-0.4, -0.2) is 42.7 Å². The average molecular weight is 483 g/mol. The third-order valence-electron chi connectivity index (χ3n) is 6.45. The van der Waals surface area contributed by atoms with Crippen LogP contribution < -0.4 is 4.74 Å². The standard InChI is InChI=1S/C31H46O4/c1-4-5-6-7-8-9-10-12-27-15-16-30(35-20-18-26(3)24-33)22-31(27)28-13-11-14-29(21-28)34-19-17-25(2)23-32/h11,13-15,21-22,30,32-33H,2-10,12,16-20,23-24H2,1H3. The number of rotatable bonds is 19. The molecule has 2 N–H and O–H groups in total. The predicted molar refractivity (Wildman–Crippen MR) is 147 cm³/mol. The summed E-state index contributed by atoms with van der Waals surface area (Å²) in [5.41, 5.74) is 5.35. The molecule has 4 heteroatoms. The van der Waals surface area contributed by atoms with Crippen molar-refractivity contribution in [2.45, 2.75) is 83.7 Å². The minimum atomic E-state index is -0.00388. The van der Waals surface area contributed by atoms with Gasteiger partial charge in [0.1, 0.15) is 5.75 Å². The van der Waals surface area contributed by atoms with Crippen LogP contribution in [0.1, 0.15) is 83.1 Å². The Labute approximate surface area is 213 Å². The molecular formula is C31H46O4. The minimum absolute atomic E-state index is 0.00388. The lowest BCUT2D eigenvalue weighted by molar-refractivity contribution is 0.0877. The number of ether oxygens (including phenoxy) is 2. The summed E-state index contributed by atoms with van der Waals surface area (Å²) in [6.45, 7) is 11.0. The monoisotopic (exact) mass is 482 g/mol. The van der Waals surface area contributed by atoms with Gasteiger partial charge in [-0.05, 0) is 71.7 Å². The molecular weight excluding hydrogens is 436 g/mol. The zero-order valence-electron chi connectivity index (χ0n) is 21.8. The Morgan fingerprint density at radius 3 is 2.34 bits per heavy atom. The summed E-state index contributed by atoms with van der Waals surface area (Å²) in [5.74, 6) is 0.826. The van der Waals surface area contributed by atoms with E-state index in [0.29, 0.717) is 26.1 Å². The first-order valence-corrected chi connectivity index (χ1v) is 13.4. The van der Waals surface area contributed by atoms with Crippen molar-refractivity contribution in [3.8, 4) is 5.75 Å². The van der Waals surface area contributed by atoms with Crippen molar-refractivity contribution in [1.29, 1.82) is 0 Å². The van der Waals surface area contributed by atoms with E-state index < -0.39 is 0 Å². The van der Waals surface area contributed by atoms with Gasteiger partial charge in [-0.2, -0.15) is 0 Å². The van der Waals surface area contributed by atoms with Crippen molar-refractivity contribution in [2.75, 3.05) is 26.4 Å². The second kappa shape index (κ2) is 17.3. The van der Waals surface area contributed by atoms with E-state index in [1.54, 1.807) is 0 Å². The maximum Gasteiger partial charge on any atom is 0.119 e. The summed E-state index contributed by atoms with van der Waals surface area (Å²) in [4.78, 5) is 0. The lowest BCUT2D eigenvalue weighted by atomic mass is 9.87. The maximum absolute atomic E-state index is 9.19. The SMILES string of the molecule is C=C(CO)CCOc1cccc(C2=CC(OCCC(=C)CO)CC=C2CCCCCCCCC)c1. The number of unbranched alkanes of at least 4 members (excludes halogenated alkanes) is 6. The van der Waals surface area contributed by atoms with Gasteiger partial charge < -0.3 is 19.7 Å². The van der Waals surface area contributed by atoms with Crippen molar-refractivity contribution < 1.29 is 19.7 Å². The summed E-state index contributed by atoms with van der Waals surface area (Å²) in [5, 5.41) is 18.3. The topological polar surface area (TPSA) is 58.9 Å². The van der Waals surface area contributed by atoms with Gasteiger partial charge in [-0.1, -0.05) is 76.8 Å². The van der Waals surface area contributed by atoms with Crippen LogP contribution in [0, 0.1) is 0 Å². The Morgan fingerprint density at radius 2 is 1.63 bits per heavy atom. The number of allylic oxidation sites excluding steroid dienone is 2. The van der Waals surface area contributed by atoms with Gasteiger partial charge in [0, 0.05) is 6.42 Å². The van der Waals surface area contributed by atoms with Crippen LogP contribution in [0.3, 0.4) is 0 Å². The van der Waals surface area contributed by atoms with Crippen LogP contribution in [0.15, 0.2) is 66.3 Å². The first kappa shape index (κ1) is 29.1. The molecule has 0 fully saturated rings. The van der Waals surface area contributed by atoms with Crippen LogP contribution in [0.2, 0.25) is 0 Å². The van der Waals surface area contributed by atoms with E-state index in [9.17, 15) is 5.11 Å². The second-order valence-corrected chi connectivity index (χ2v) is 9.52. The van der Waals surface area contributed by atoms with Gasteiger partial charge in [0.25, 0.3) is 0 Å². The van der Waals surface area contributed by atoms with Gasteiger partial charge >= 0.3 is 0 Å². The van der Waals surface area contributed by atoms with E-state index >= 15 is 0 Å². The molecule has 1 aromatic carbocycles. The molecule has 0 aliphatic heterocycles. The van der Waals surface area contributed by atoms with Crippen LogP contribution in [0.25, 0.3) is 5.57 Å². The maximum atomic E-state index is 9.19. The predicted octanol–water partition coefficient (Wildman–Crippen LogP) is 7.18. The Hall–Kier alpha value is -2.14. The van der Waals surface area contributed by atoms with Crippen LogP contribution >= 0.6 is 0 Å². The summed E-state index contributed by atoms with van der Waals surface area (Å²) in [6, 6.07) is 8.25. The van der Waals surface area contributed by atoms with Crippen molar-refractivity contribution in [3.63, 3.8) is 0 Å². The molecule has 0 heterocycles. The lowest BCUT2D eigenvalue weighted by Crippen LogP contribution is -2.15. The number of aliphatic hydroxyl groups is 2. The average Bonchev–Trinajstić information content (AvgIpc) is 2.88. The van der Waals surface area contributed by atoms with Crippen molar-refractivity contribution in [1.82, 2.24) is 0 Å². The van der Waals surface area contributed by atoms with Gasteiger partial charge in [-0.25, -0.2) is 0 Å². The molecule has 1 aliphatic carbocycles. The molecule has 4 nitrogen and oxygen atoms in total. The molecule has 0 radical (unpaired) electrons. The molecule has 1 unspecified atom stereocenters. The Kier molecular flexibility index (Phi) is 14.4. The summed E-state index contributed by atoms with van der Waals surface area (Å²) >= 11 is 0. The fourth-order valence-corrected chi connectivity index (χ4v) is 4.22. The van der Waals surface area contributed by atoms with E-state index in [0.717, 1.165) is 35.3 Å². The number of aliphatic hydroxyl groups excluding tert-OH is 2. The molecule has 2 rings (SSSR count). The highest BCUT2D eigenvalue weighted by molar-refractivity contribution is 5.80. The first-order valence-electron chi connectivity index (χ1n) is 13.4. The first-order chi connectivity index (χ1) is 17.1. The third kappa shape index (κ3) is 11.4. The summed E-state index contributed by atoms with van der Waals surface area (Å²) < 4.78 is 12.1. The number of hydrogen-bond acceptors (Lipinski definition) is 4. The van der Waals surface area contributed by atoms with Crippen LogP contribution in [-0.2, 0) is 4.74 Å². The fraction of sp³-hybridized carbons (Fsp3) is 0.548. The Bertz CT molecular complexity index is 836. The molecule has 1 aliphatic rings. The van der Waals surface area contributed by atoms with Crippen molar-refractivity contribution in [3.05, 3.63) is 71.9 Å². The van der Waals surface area contributed by atoms with Crippen LogP contribution in [0.5, 0.6) is 5.75 Å². The molecule has 1 aromatic rings. The Morgan fingerprint density at radius 1 is 0.943 bits per heavy atom. The van der Waals surface area contributed by atoms with Gasteiger partial charge in [-0.15, -0.1) is 0 Å². The summed E-state index contributed by atoms with van der Waals surface area (Å²) in [6.07, 6.45) is 17.0. The van der Waals surface area contributed by atoms with Gasteiger partial charge in [0.15, 0.2) is 0 Å². The van der Waals surface area contributed by atoms with E-state index in [-0.39, 0.29) is 19.3 Å². The largest absolute Gasteiger partial charge is 0.493 e. The summed E-state index contributed by atoms with van der Waals surface area (Å²) in [7, 11) is 0. The van der Waals surface area contributed by atoms with Crippen molar-refractivity contribution >= 4 is 5.57 Å². The van der Waals surface area contributed by atoms with Gasteiger partial charge in [-0.3, -0.25) is 0 Å². The molecule has 0 amide bonds. The molecule has 0 saturated heterocycles. The smallest absolute Gasteiger partial charge is 0.119 e. The highest BCUT2D eigenvalue weighted by Gasteiger charge is 2.18. The highest BCUT2D eigenvalue weighted by atomic mass is 16.5. The minimum Gasteiger partial charge on any atom is -0.493 e.